The summed E-state index contributed by atoms with van der Waals surface area (Å²) in [5, 5.41) is 7.62. The van der Waals surface area contributed by atoms with E-state index in [4.69, 9.17) is 9.47 Å². The summed E-state index contributed by atoms with van der Waals surface area (Å²) in [6.45, 7) is 4.67. The van der Waals surface area contributed by atoms with Gasteiger partial charge in [0, 0.05) is 53.0 Å². The number of ether oxygens (including phenoxy) is 2. The van der Waals surface area contributed by atoms with Crippen molar-refractivity contribution < 1.29 is 9.47 Å². The molecule has 2 heterocycles. The Hall–Kier alpha value is -0.870. The van der Waals surface area contributed by atoms with Crippen LogP contribution in [0.5, 0.6) is 0 Å². The maximum Gasteiger partial charge on any atom is 0.193 e. The van der Waals surface area contributed by atoms with E-state index < -0.39 is 0 Å². The molecule has 1 N–H and O–H groups in total. The Morgan fingerprint density at radius 3 is 2.91 bits per heavy atom. The summed E-state index contributed by atoms with van der Waals surface area (Å²) in [6.07, 6.45) is 5.21. The molecule has 0 aromatic carbocycles. The van der Waals surface area contributed by atoms with Crippen molar-refractivity contribution in [3.8, 4) is 0 Å². The smallest absolute Gasteiger partial charge is 0.193 e. The molecule has 0 saturated carbocycles. The Morgan fingerprint density at radius 2 is 2.26 bits per heavy atom. The summed E-state index contributed by atoms with van der Waals surface area (Å²) in [7, 11) is 5.46. The molecule has 1 unspecified atom stereocenters. The SMILES string of the molecule is CN=C(NCCOCCOC)N1CCC(c2cnn(C)c2)C1.I. The molecule has 1 aliphatic heterocycles. The van der Waals surface area contributed by atoms with Gasteiger partial charge in [0.2, 0.25) is 0 Å². The number of methoxy groups -OCH3 is 1. The van der Waals surface area contributed by atoms with Crippen LogP contribution in [0.2, 0.25) is 0 Å². The number of aliphatic imine (C=N–C) groups is 1. The average Bonchev–Trinajstić information content (AvgIpc) is 3.15. The molecular formula is C15H28IN5O2. The minimum Gasteiger partial charge on any atom is -0.382 e. The Bertz CT molecular complexity index is 480. The fraction of sp³-hybridized carbons (Fsp3) is 0.733. The molecule has 0 amide bonds. The van der Waals surface area contributed by atoms with Gasteiger partial charge in [0.25, 0.3) is 0 Å². The fourth-order valence-electron chi connectivity index (χ4n) is 2.69. The van der Waals surface area contributed by atoms with E-state index in [-0.39, 0.29) is 24.0 Å². The van der Waals surface area contributed by atoms with Gasteiger partial charge in [-0.15, -0.1) is 24.0 Å². The van der Waals surface area contributed by atoms with Crippen molar-refractivity contribution in [2.45, 2.75) is 12.3 Å². The number of halogens is 1. The zero-order valence-corrected chi connectivity index (χ0v) is 16.5. The highest BCUT2D eigenvalue weighted by atomic mass is 127. The van der Waals surface area contributed by atoms with Gasteiger partial charge in [-0.3, -0.25) is 9.67 Å². The van der Waals surface area contributed by atoms with Gasteiger partial charge in [0.05, 0.1) is 26.0 Å². The lowest BCUT2D eigenvalue weighted by Gasteiger charge is -2.21. The Morgan fingerprint density at radius 1 is 1.43 bits per heavy atom. The van der Waals surface area contributed by atoms with E-state index >= 15 is 0 Å². The Balaban J connectivity index is 0.00000264. The number of nitrogens with zero attached hydrogens (tertiary/aromatic N) is 4. The van der Waals surface area contributed by atoms with Gasteiger partial charge in [-0.25, -0.2) is 0 Å². The van der Waals surface area contributed by atoms with Crippen LogP contribution in [0.1, 0.15) is 17.9 Å². The lowest BCUT2D eigenvalue weighted by Crippen LogP contribution is -2.41. The lowest BCUT2D eigenvalue weighted by atomic mass is 10.0. The van der Waals surface area contributed by atoms with E-state index in [0.29, 0.717) is 25.7 Å². The van der Waals surface area contributed by atoms with E-state index in [0.717, 1.165) is 32.0 Å². The predicted molar refractivity (Wildman–Crippen MR) is 102 cm³/mol. The normalized spacial score (nSPS) is 18.1. The predicted octanol–water partition coefficient (Wildman–Crippen LogP) is 1.07. The van der Waals surface area contributed by atoms with Crippen LogP contribution in [0.3, 0.4) is 0 Å². The van der Waals surface area contributed by atoms with E-state index in [2.05, 4.69) is 26.5 Å². The molecule has 1 aromatic heterocycles. The molecule has 8 heteroatoms. The third kappa shape index (κ3) is 6.27. The van der Waals surface area contributed by atoms with Gasteiger partial charge in [-0.05, 0) is 12.0 Å². The topological polar surface area (TPSA) is 63.9 Å². The third-order valence-corrected chi connectivity index (χ3v) is 3.86. The minimum atomic E-state index is 0. The second-order valence-corrected chi connectivity index (χ2v) is 5.46. The molecule has 0 spiro atoms. The summed E-state index contributed by atoms with van der Waals surface area (Å²) < 4.78 is 12.3. The quantitative estimate of drug-likeness (QED) is 0.299. The van der Waals surface area contributed by atoms with Crippen molar-refractivity contribution in [3.05, 3.63) is 18.0 Å². The van der Waals surface area contributed by atoms with Crippen molar-refractivity contribution in [2.24, 2.45) is 12.0 Å². The zero-order chi connectivity index (χ0) is 15.8. The highest BCUT2D eigenvalue weighted by Gasteiger charge is 2.26. The van der Waals surface area contributed by atoms with Gasteiger partial charge in [-0.1, -0.05) is 0 Å². The highest BCUT2D eigenvalue weighted by Crippen LogP contribution is 2.26. The minimum absolute atomic E-state index is 0. The van der Waals surface area contributed by atoms with Crippen LogP contribution in [0.4, 0.5) is 0 Å². The molecule has 132 valence electrons. The second-order valence-electron chi connectivity index (χ2n) is 5.46. The molecule has 1 saturated heterocycles. The molecule has 1 fully saturated rings. The number of guanidine groups is 1. The summed E-state index contributed by atoms with van der Waals surface area (Å²) in [5.41, 5.74) is 1.31. The standard InChI is InChI=1S/C15H27N5O2.HI/c1-16-15(17-5-7-22-9-8-21-3)20-6-4-13(12-20)14-10-18-19(2)11-14;/h10-11,13H,4-9,12H2,1-3H3,(H,16,17);1H. The fourth-order valence-corrected chi connectivity index (χ4v) is 2.69. The van der Waals surface area contributed by atoms with Crippen molar-refractivity contribution in [1.82, 2.24) is 20.0 Å². The van der Waals surface area contributed by atoms with E-state index in [1.165, 1.54) is 5.56 Å². The molecule has 7 nitrogen and oxygen atoms in total. The number of aryl methyl sites for hydroxylation is 1. The van der Waals surface area contributed by atoms with Crippen LogP contribution in [-0.4, -0.2) is 74.3 Å². The molecule has 1 aromatic rings. The maximum atomic E-state index is 5.45. The summed E-state index contributed by atoms with van der Waals surface area (Å²) in [6, 6.07) is 0. The van der Waals surface area contributed by atoms with Gasteiger partial charge in [0.15, 0.2) is 5.96 Å². The van der Waals surface area contributed by atoms with Crippen LogP contribution in [0.25, 0.3) is 0 Å². The molecule has 23 heavy (non-hydrogen) atoms. The van der Waals surface area contributed by atoms with Crippen LogP contribution < -0.4 is 5.32 Å². The number of likely N-dealkylation sites (tertiary alicyclic amines) is 1. The molecular weight excluding hydrogens is 409 g/mol. The number of hydrogen-bond donors (Lipinski definition) is 1. The second kappa shape index (κ2) is 10.8. The van der Waals surface area contributed by atoms with Gasteiger partial charge < -0.3 is 19.7 Å². The molecule has 0 aliphatic carbocycles. The summed E-state index contributed by atoms with van der Waals surface area (Å²) in [4.78, 5) is 6.67. The van der Waals surface area contributed by atoms with Crippen molar-refractivity contribution >= 4 is 29.9 Å². The first-order valence-electron chi connectivity index (χ1n) is 7.75. The average molecular weight is 437 g/mol. The summed E-state index contributed by atoms with van der Waals surface area (Å²) >= 11 is 0. The van der Waals surface area contributed by atoms with Crippen LogP contribution in [0.15, 0.2) is 17.4 Å². The number of aromatic nitrogens is 2. The Kier molecular flexibility index (Phi) is 9.49. The van der Waals surface area contributed by atoms with Gasteiger partial charge >= 0.3 is 0 Å². The largest absolute Gasteiger partial charge is 0.382 e. The first kappa shape index (κ1) is 20.2. The third-order valence-electron chi connectivity index (χ3n) is 3.86. The lowest BCUT2D eigenvalue weighted by molar-refractivity contribution is 0.0731. The number of rotatable bonds is 7. The van der Waals surface area contributed by atoms with Crippen molar-refractivity contribution in [2.75, 3.05) is 53.6 Å². The highest BCUT2D eigenvalue weighted by molar-refractivity contribution is 14.0. The van der Waals surface area contributed by atoms with Crippen LogP contribution in [-0.2, 0) is 16.5 Å². The van der Waals surface area contributed by atoms with E-state index in [1.54, 1.807) is 7.11 Å². The Labute approximate surface area is 155 Å². The number of nitrogens with one attached hydrogen (secondary N) is 1. The van der Waals surface area contributed by atoms with Gasteiger partial charge in [-0.2, -0.15) is 5.10 Å². The van der Waals surface area contributed by atoms with Crippen molar-refractivity contribution in [1.29, 1.82) is 0 Å². The molecule has 2 rings (SSSR count). The molecule has 1 aliphatic rings. The van der Waals surface area contributed by atoms with E-state index in [9.17, 15) is 0 Å². The molecule has 1 atom stereocenters. The maximum absolute atomic E-state index is 5.45. The van der Waals surface area contributed by atoms with E-state index in [1.807, 2.05) is 25.0 Å². The van der Waals surface area contributed by atoms with Crippen LogP contribution in [0, 0.1) is 0 Å². The van der Waals surface area contributed by atoms with Crippen LogP contribution >= 0.6 is 24.0 Å². The first-order chi connectivity index (χ1) is 10.7. The molecule has 0 bridgehead atoms. The monoisotopic (exact) mass is 437 g/mol. The molecule has 0 radical (unpaired) electrons. The summed E-state index contributed by atoms with van der Waals surface area (Å²) in [5.74, 6) is 1.48. The first-order valence-corrected chi connectivity index (χ1v) is 7.75. The van der Waals surface area contributed by atoms with Crippen molar-refractivity contribution in [3.63, 3.8) is 0 Å². The number of hydrogen-bond acceptors (Lipinski definition) is 4. The van der Waals surface area contributed by atoms with Gasteiger partial charge in [0.1, 0.15) is 0 Å². The zero-order valence-electron chi connectivity index (χ0n) is 14.2.